The quantitative estimate of drug-likeness (QED) is 0.310. The molecule has 0 aromatic heterocycles. The third-order valence-corrected chi connectivity index (χ3v) is 3.95. The summed E-state index contributed by atoms with van der Waals surface area (Å²) in [6.07, 6.45) is 2.51. The minimum atomic E-state index is -0.787. The zero-order valence-corrected chi connectivity index (χ0v) is 16.0. The minimum absolute atomic E-state index is 0.0460. The van der Waals surface area contributed by atoms with Gasteiger partial charge in [0.1, 0.15) is 11.4 Å². The number of nitrogens with zero attached hydrogens (tertiary/aromatic N) is 1. The number of methoxy groups -OCH3 is 1. The molecule has 2 aromatic carbocycles. The lowest BCUT2D eigenvalue weighted by molar-refractivity contribution is -0.384. The van der Waals surface area contributed by atoms with E-state index >= 15 is 0 Å². The van der Waals surface area contributed by atoms with E-state index in [1.165, 1.54) is 37.5 Å². The molecule has 8 nitrogen and oxygen atoms in total. The number of amides is 1. The van der Waals surface area contributed by atoms with Gasteiger partial charge in [0.15, 0.2) is 6.61 Å². The molecule has 0 bridgehead atoms. The lowest BCUT2D eigenvalue weighted by atomic mass is 10.2. The zero-order chi connectivity index (χ0) is 20.7. The van der Waals surface area contributed by atoms with Crippen LogP contribution in [0.15, 0.2) is 42.5 Å². The maximum atomic E-state index is 11.9. The molecule has 0 unspecified atom stereocenters. The second-order valence-corrected chi connectivity index (χ2v) is 6.14. The van der Waals surface area contributed by atoms with Gasteiger partial charge < -0.3 is 14.8 Å². The van der Waals surface area contributed by atoms with Gasteiger partial charge >= 0.3 is 5.97 Å². The summed E-state index contributed by atoms with van der Waals surface area (Å²) in [7, 11) is 1.36. The molecule has 1 amide bonds. The highest BCUT2D eigenvalue weighted by molar-refractivity contribution is 6.35. The van der Waals surface area contributed by atoms with Crippen molar-refractivity contribution in [3.05, 3.63) is 68.2 Å². The van der Waals surface area contributed by atoms with E-state index in [1.807, 2.05) is 0 Å². The van der Waals surface area contributed by atoms with Gasteiger partial charge in [0.25, 0.3) is 11.6 Å². The number of ether oxygens (including phenoxy) is 2. The first-order valence-corrected chi connectivity index (χ1v) is 8.48. The Labute approximate surface area is 169 Å². The monoisotopic (exact) mass is 424 g/mol. The van der Waals surface area contributed by atoms with Crippen molar-refractivity contribution in [1.82, 2.24) is 0 Å². The molecule has 0 aliphatic heterocycles. The Morgan fingerprint density at radius 1 is 1.21 bits per heavy atom. The van der Waals surface area contributed by atoms with E-state index in [0.29, 0.717) is 15.6 Å². The molecule has 1 N–H and O–H groups in total. The number of carbonyl (C=O) groups is 2. The van der Waals surface area contributed by atoms with Crippen molar-refractivity contribution in [2.45, 2.75) is 0 Å². The number of nitro groups is 1. The summed E-state index contributed by atoms with van der Waals surface area (Å²) in [5.41, 5.74) is 0.146. The molecule has 0 aliphatic rings. The molecular weight excluding hydrogens is 411 g/mol. The molecule has 2 rings (SSSR count). The van der Waals surface area contributed by atoms with Gasteiger partial charge in [-0.1, -0.05) is 29.3 Å². The van der Waals surface area contributed by atoms with E-state index in [0.717, 1.165) is 6.08 Å². The van der Waals surface area contributed by atoms with Crippen molar-refractivity contribution in [3.63, 3.8) is 0 Å². The van der Waals surface area contributed by atoms with Crippen LogP contribution in [0.1, 0.15) is 5.56 Å². The van der Waals surface area contributed by atoms with Crippen LogP contribution >= 0.6 is 23.2 Å². The van der Waals surface area contributed by atoms with Crippen LogP contribution in [0, 0.1) is 10.1 Å². The van der Waals surface area contributed by atoms with Crippen molar-refractivity contribution in [2.24, 2.45) is 0 Å². The number of halogens is 2. The summed E-state index contributed by atoms with van der Waals surface area (Å²) in [5.74, 6) is -1.26. The van der Waals surface area contributed by atoms with Crippen LogP contribution in [-0.2, 0) is 14.3 Å². The molecule has 146 valence electrons. The Hall–Kier alpha value is -3.10. The van der Waals surface area contributed by atoms with Crippen LogP contribution in [-0.4, -0.2) is 30.5 Å². The Kier molecular flexibility index (Phi) is 7.36. The van der Waals surface area contributed by atoms with E-state index in [1.54, 1.807) is 12.1 Å². The first-order valence-electron chi connectivity index (χ1n) is 7.72. The first-order chi connectivity index (χ1) is 13.3. The first kappa shape index (κ1) is 21.2. The van der Waals surface area contributed by atoms with Gasteiger partial charge in [-0.05, 0) is 35.9 Å². The Balaban J connectivity index is 1.94. The van der Waals surface area contributed by atoms with Crippen molar-refractivity contribution in [2.75, 3.05) is 19.0 Å². The zero-order valence-electron chi connectivity index (χ0n) is 14.5. The van der Waals surface area contributed by atoms with Crippen molar-refractivity contribution in [3.8, 4) is 5.75 Å². The van der Waals surface area contributed by atoms with E-state index in [2.05, 4.69) is 5.32 Å². The van der Waals surface area contributed by atoms with Gasteiger partial charge in [-0.15, -0.1) is 0 Å². The second-order valence-electron chi connectivity index (χ2n) is 5.30. The number of rotatable bonds is 7. The highest BCUT2D eigenvalue weighted by atomic mass is 35.5. The van der Waals surface area contributed by atoms with Crippen LogP contribution in [0.2, 0.25) is 10.0 Å². The van der Waals surface area contributed by atoms with Crippen LogP contribution < -0.4 is 10.1 Å². The molecule has 0 spiro atoms. The highest BCUT2D eigenvalue weighted by Gasteiger charge is 2.17. The van der Waals surface area contributed by atoms with Crippen LogP contribution in [0.25, 0.3) is 6.08 Å². The molecule has 0 saturated heterocycles. The lowest BCUT2D eigenvalue weighted by Crippen LogP contribution is -2.20. The third-order valence-electron chi connectivity index (χ3n) is 3.38. The summed E-state index contributed by atoms with van der Waals surface area (Å²) in [6.45, 7) is -0.624. The van der Waals surface area contributed by atoms with Gasteiger partial charge in [0, 0.05) is 16.1 Å². The van der Waals surface area contributed by atoms with E-state index < -0.39 is 23.4 Å². The van der Waals surface area contributed by atoms with Gasteiger partial charge in [-0.3, -0.25) is 14.9 Å². The molecule has 0 saturated carbocycles. The number of nitrogens with one attached hydrogen (secondary N) is 1. The Bertz CT molecular complexity index is 946. The fourth-order valence-corrected chi connectivity index (χ4v) is 2.53. The lowest BCUT2D eigenvalue weighted by Gasteiger charge is -2.07. The highest BCUT2D eigenvalue weighted by Crippen LogP contribution is 2.28. The standard InChI is InChI=1S/C18H14Cl2N2O6/c1-27-13-5-6-15(16(9-13)22(25)26)21-17(23)10-28-18(24)7-3-11-2-4-12(19)8-14(11)20/h2-9H,10H2,1H3,(H,21,23)/b7-3+. The number of benzene rings is 2. The average molecular weight is 425 g/mol. The minimum Gasteiger partial charge on any atom is -0.496 e. The maximum Gasteiger partial charge on any atom is 0.331 e. The summed E-state index contributed by atoms with van der Waals surface area (Å²) in [5, 5.41) is 14.2. The topological polar surface area (TPSA) is 108 Å². The molecule has 10 heteroatoms. The van der Waals surface area contributed by atoms with Gasteiger partial charge in [0.05, 0.1) is 18.1 Å². The Morgan fingerprint density at radius 3 is 2.61 bits per heavy atom. The van der Waals surface area contributed by atoms with E-state index in [-0.39, 0.29) is 17.1 Å². The number of hydrogen-bond donors (Lipinski definition) is 1. The molecule has 0 fully saturated rings. The largest absolute Gasteiger partial charge is 0.496 e. The van der Waals surface area contributed by atoms with Crippen LogP contribution in [0.3, 0.4) is 0 Å². The SMILES string of the molecule is COc1ccc(NC(=O)COC(=O)/C=C/c2ccc(Cl)cc2Cl)c([N+](=O)[O-])c1. The Morgan fingerprint density at radius 2 is 1.96 bits per heavy atom. The fourth-order valence-electron chi connectivity index (χ4n) is 2.06. The van der Waals surface area contributed by atoms with E-state index in [4.69, 9.17) is 32.7 Å². The van der Waals surface area contributed by atoms with Crippen LogP contribution in [0.5, 0.6) is 5.75 Å². The van der Waals surface area contributed by atoms with Gasteiger partial charge in [0.2, 0.25) is 0 Å². The molecule has 0 radical (unpaired) electrons. The summed E-state index contributed by atoms with van der Waals surface area (Å²) < 4.78 is 9.72. The molecule has 2 aromatic rings. The predicted molar refractivity (Wildman–Crippen MR) is 105 cm³/mol. The number of anilines is 1. The number of nitro benzene ring substituents is 1. The normalized spacial score (nSPS) is 10.5. The second kappa shape index (κ2) is 9.72. The molecule has 0 aliphatic carbocycles. The summed E-state index contributed by atoms with van der Waals surface area (Å²) >= 11 is 11.8. The van der Waals surface area contributed by atoms with Gasteiger partial charge in [-0.2, -0.15) is 0 Å². The van der Waals surface area contributed by atoms with Crippen molar-refractivity contribution >= 4 is 52.5 Å². The molecular formula is C18H14Cl2N2O6. The smallest absolute Gasteiger partial charge is 0.331 e. The molecule has 0 heterocycles. The van der Waals surface area contributed by atoms with Gasteiger partial charge in [-0.25, -0.2) is 4.79 Å². The van der Waals surface area contributed by atoms with Crippen LogP contribution in [0.4, 0.5) is 11.4 Å². The van der Waals surface area contributed by atoms with Crippen molar-refractivity contribution in [1.29, 1.82) is 0 Å². The van der Waals surface area contributed by atoms with E-state index in [9.17, 15) is 19.7 Å². The molecule has 28 heavy (non-hydrogen) atoms. The van der Waals surface area contributed by atoms with Crippen molar-refractivity contribution < 1.29 is 24.0 Å². The fraction of sp³-hybridized carbons (Fsp3) is 0.111. The average Bonchev–Trinajstić information content (AvgIpc) is 2.65. The maximum absolute atomic E-state index is 11.9. The third kappa shape index (κ3) is 5.97. The number of carbonyl (C=O) groups excluding carboxylic acids is 2. The summed E-state index contributed by atoms with van der Waals surface area (Å²) in [6, 6.07) is 8.67. The number of esters is 1. The summed E-state index contributed by atoms with van der Waals surface area (Å²) in [4.78, 5) is 34.1. The number of hydrogen-bond acceptors (Lipinski definition) is 6. The predicted octanol–water partition coefficient (Wildman–Crippen LogP) is 4.11. The molecule has 0 atom stereocenters.